The number of rotatable bonds is 4. The van der Waals surface area contributed by atoms with Crippen molar-refractivity contribution in [1.29, 1.82) is 0 Å². The molecule has 0 aliphatic carbocycles. The molecule has 0 saturated heterocycles. The molecule has 2 aromatic rings. The number of nitrogen functional groups attached to an aromatic ring is 1. The highest BCUT2D eigenvalue weighted by molar-refractivity contribution is 6.31. The number of aromatic nitrogens is 2. The maximum absolute atomic E-state index is 11.9. The zero-order chi connectivity index (χ0) is 13.8. The van der Waals surface area contributed by atoms with Gasteiger partial charge in [0.2, 0.25) is 5.89 Å². The van der Waals surface area contributed by atoms with Crippen molar-refractivity contribution < 1.29 is 9.32 Å². The van der Waals surface area contributed by atoms with Gasteiger partial charge < -0.3 is 15.6 Å². The van der Waals surface area contributed by atoms with E-state index >= 15 is 0 Å². The van der Waals surface area contributed by atoms with Crippen molar-refractivity contribution >= 4 is 23.2 Å². The van der Waals surface area contributed by atoms with Gasteiger partial charge in [0.25, 0.3) is 5.91 Å². The summed E-state index contributed by atoms with van der Waals surface area (Å²) >= 11 is 5.83. The van der Waals surface area contributed by atoms with Crippen molar-refractivity contribution in [3.63, 3.8) is 0 Å². The van der Waals surface area contributed by atoms with Crippen molar-refractivity contribution in [2.24, 2.45) is 0 Å². The van der Waals surface area contributed by atoms with E-state index in [-0.39, 0.29) is 5.91 Å². The van der Waals surface area contributed by atoms with Gasteiger partial charge >= 0.3 is 0 Å². The van der Waals surface area contributed by atoms with Gasteiger partial charge in [0.15, 0.2) is 5.82 Å². The summed E-state index contributed by atoms with van der Waals surface area (Å²) in [7, 11) is 0. The van der Waals surface area contributed by atoms with Gasteiger partial charge in [0, 0.05) is 36.2 Å². The Morgan fingerprint density at radius 3 is 2.89 bits per heavy atom. The lowest BCUT2D eigenvalue weighted by Gasteiger charge is -2.05. The summed E-state index contributed by atoms with van der Waals surface area (Å²) in [6.45, 7) is 2.12. The summed E-state index contributed by atoms with van der Waals surface area (Å²) in [6.07, 6.45) is 0.499. The van der Waals surface area contributed by atoms with E-state index in [1.54, 1.807) is 25.1 Å². The van der Waals surface area contributed by atoms with Gasteiger partial charge in [0.1, 0.15) is 0 Å². The zero-order valence-electron chi connectivity index (χ0n) is 10.3. The number of amides is 1. The first-order valence-electron chi connectivity index (χ1n) is 5.68. The number of nitrogens with zero attached hydrogens (tertiary/aromatic N) is 2. The van der Waals surface area contributed by atoms with Gasteiger partial charge in [0.05, 0.1) is 0 Å². The van der Waals surface area contributed by atoms with Crippen LogP contribution in [0, 0.1) is 6.92 Å². The smallest absolute Gasteiger partial charge is 0.251 e. The number of aryl methyl sites for hydroxylation is 1. The molecule has 2 rings (SSSR count). The van der Waals surface area contributed by atoms with Gasteiger partial charge in [-0.2, -0.15) is 4.98 Å². The van der Waals surface area contributed by atoms with Crippen LogP contribution in [0.4, 0.5) is 5.69 Å². The van der Waals surface area contributed by atoms with Crippen LogP contribution in [0.25, 0.3) is 0 Å². The Morgan fingerprint density at radius 1 is 1.47 bits per heavy atom. The van der Waals surface area contributed by atoms with Crippen LogP contribution in [-0.2, 0) is 6.42 Å². The molecule has 0 spiro atoms. The number of anilines is 1. The minimum atomic E-state index is -0.241. The number of nitrogens with one attached hydrogen (secondary N) is 1. The van der Waals surface area contributed by atoms with Crippen LogP contribution < -0.4 is 11.1 Å². The third kappa shape index (κ3) is 3.69. The number of nitrogens with two attached hydrogens (primary N) is 1. The lowest BCUT2D eigenvalue weighted by atomic mass is 10.2. The number of benzene rings is 1. The van der Waals surface area contributed by atoms with Gasteiger partial charge in [-0.1, -0.05) is 16.8 Å². The molecular formula is C12H13ClN4O2. The van der Waals surface area contributed by atoms with E-state index in [2.05, 4.69) is 15.5 Å². The second-order valence-corrected chi connectivity index (χ2v) is 4.45. The molecule has 0 unspecified atom stereocenters. The van der Waals surface area contributed by atoms with Crippen LogP contribution in [0.5, 0.6) is 0 Å². The average Bonchev–Trinajstić information content (AvgIpc) is 2.73. The molecule has 100 valence electrons. The second kappa shape index (κ2) is 5.71. The SMILES string of the molecule is Cc1nc(CCNC(=O)c2cc(N)cc(Cl)c2)no1. The number of carbonyl (C=O) groups excluding carboxylic acids is 1. The van der Waals surface area contributed by atoms with E-state index in [4.69, 9.17) is 21.9 Å². The van der Waals surface area contributed by atoms with Crippen LogP contribution >= 0.6 is 11.6 Å². The Hall–Kier alpha value is -2.08. The van der Waals surface area contributed by atoms with Gasteiger partial charge in [-0.3, -0.25) is 4.79 Å². The van der Waals surface area contributed by atoms with E-state index in [1.807, 2.05) is 0 Å². The third-order valence-corrected chi connectivity index (χ3v) is 2.60. The highest BCUT2D eigenvalue weighted by Crippen LogP contribution is 2.16. The predicted molar refractivity (Wildman–Crippen MR) is 70.9 cm³/mol. The fourth-order valence-electron chi connectivity index (χ4n) is 1.58. The number of halogens is 1. The first-order valence-corrected chi connectivity index (χ1v) is 6.06. The Balaban J connectivity index is 1.90. The molecule has 7 heteroatoms. The quantitative estimate of drug-likeness (QED) is 0.829. The molecule has 6 nitrogen and oxygen atoms in total. The maximum Gasteiger partial charge on any atom is 0.251 e. The van der Waals surface area contributed by atoms with Crippen LogP contribution in [0.15, 0.2) is 22.7 Å². The van der Waals surface area contributed by atoms with Gasteiger partial charge in [-0.05, 0) is 18.2 Å². The first kappa shape index (κ1) is 13.4. The molecule has 19 heavy (non-hydrogen) atoms. The zero-order valence-corrected chi connectivity index (χ0v) is 11.1. The molecule has 1 aromatic carbocycles. The van der Waals surface area contributed by atoms with Crippen LogP contribution in [0.1, 0.15) is 22.1 Å². The molecule has 0 radical (unpaired) electrons. The largest absolute Gasteiger partial charge is 0.399 e. The molecule has 3 N–H and O–H groups in total. The van der Waals surface area contributed by atoms with Crippen molar-refractivity contribution in [2.75, 3.05) is 12.3 Å². The standard InChI is InChI=1S/C12H13ClN4O2/c1-7-16-11(17-19-7)2-3-15-12(18)8-4-9(13)6-10(14)5-8/h4-6H,2-3,14H2,1H3,(H,15,18). The van der Waals surface area contributed by atoms with E-state index in [1.165, 1.54) is 0 Å². The average molecular weight is 281 g/mol. The van der Waals surface area contributed by atoms with Gasteiger partial charge in [-0.15, -0.1) is 0 Å². The fourth-order valence-corrected chi connectivity index (χ4v) is 1.82. The van der Waals surface area contributed by atoms with Gasteiger partial charge in [-0.25, -0.2) is 0 Å². The molecule has 1 amide bonds. The predicted octanol–water partition coefficient (Wildman–Crippen LogP) is 1.59. The van der Waals surface area contributed by atoms with Crippen molar-refractivity contribution in [1.82, 2.24) is 15.5 Å². The molecule has 0 fully saturated rings. The lowest BCUT2D eigenvalue weighted by Crippen LogP contribution is -2.26. The Labute approximate surface area is 114 Å². The molecule has 0 aliphatic heterocycles. The van der Waals surface area contributed by atoms with E-state index in [9.17, 15) is 4.79 Å². The minimum Gasteiger partial charge on any atom is -0.399 e. The number of hydrogen-bond acceptors (Lipinski definition) is 5. The number of carbonyl (C=O) groups is 1. The molecule has 0 atom stereocenters. The summed E-state index contributed by atoms with van der Waals surface area (Å²) in [6, 6.07) is 4.71. The summed E-state index contributed by atoms with van der Waals surface area (Å²) < 4.78 is 4.83. The fraction of sp³-hybridized carbons (Fsp3) is 0.250. The highest BCUT2D eigenvalue weighted by atomic mass is 35.5. The third-order valence-electron chi connectivity index (χ3n) is 2.39. The monoisotopic (exact) mass is 280 g/mol. The van der Waals surface area contributed by atoms with Crippen LogP contribution in [-0.4, -0.2) is 22.6 Å². The summed E-state index contributed by atoms with van der Waals surface area (Å²) in [5.74, 6) is 0.821. The lowest BCUT2D eigenvalue weighted by molar-refractivity contribution is 0.0954. The maximum atomic E-state index is 11.9. The van der Waals surface area contributed by atoms with E-state index in [0.29, 0.717) is 41.0 Å². The van der Waals surface area contributed by atoms with Crippen molar-refractivity contribution in [3.05, 3.63) is 40.5 Å². The van der Waals surface area contributed by atoms with Crippen molar-refractivity contribution in [2.45, 2.75) is 13.3 Å². The topological polar surface area (TPSA) is 94.0 Å². The Bertz CT molecular complexity index is 577. The van der Waals surface area contributed by atoms with Crippen molar-refractivity contribution in [3.8, 4) is 0 Å². The minimum absolute atomic E-state index is 0.241. The molecule has 0 aliphatic rings. The summed E-state index contributed by atoms with van der Waals surface area (Å²) in [5.41, 5.74) is 6.50. The second-order valence-electron chi connectivity index (χ2n) is 4.01. The molecule has 0 bridgehead atoms. The highest BCUT2D eigenvalue weighted by Gasteiger charge is 2.08. The molecule has 1 heterocycles. The molecule has 0 saturated carbocycles. The number of hydrogen-bond donors (Lipinski definition) is 2. The Kier molecular flexibility index (Phi) is 4.01. The molecule has 1 aromatic heterocycles. The summed E-state index contributed by atoms with van der Waals surface area (Å²) in [4.78, 5) is 15.9. The summed E-state index contributed by atoms with van der Waals surface area (Å²) in [5, 5.41) is 6.90. The van der Waals surface area contributed by atoms with E-state index < -0.39 is 0 Å². The van der Waals surface area contributed by atoms with Crippen LogP contribution in [0.3, 0.4) is 0 Å². The normalized spacial score (nSPS) is 10.4. The van der Waals surface area contributed by atoms with Crippen LogP contribution in [0.2, 0.25) is 5.02 Å². The molecular weight excluding hydrogens is 268 g/mol. The Morgan fingerprint density at radius 2 is 2.26 bits per heavy atom. The van der Waals surface area contributed by atoms with E-state index in [0.717, 1.165) is 0 Å². The first-order chi connectivity index (χ1) is 9.04.